The molecule has 0 fully saturated rings. The zero-order valence-electron chi connectivity index (χ0n) is 41.4. The third-order valence-electron chi connectivity index (χ3n) is 11.9. The fourth-order valence-corrected chi connectivity index (χ4v) is 7.78. The molecular formula is C56H102O6. The number of hydrogen-bond acceptors (Lipinski definition) is 6. The molecule has 0 aromatic heterocycles. The Kier molecular flexibility index (Phi) is 49.3. The van der Waals surface area contributed by atoms with Gasteiger partial charge >= 0.3 is 17.9 Å². The fraction of sp³-hybridized carbons (Fsp3) is 0.839. The molecule has 0 aliphatic carbocycles. The smallest absolute Gasteiger partial charge is 0.306 e. The number of esters is 3. The van der Waals surface area contributed by atoms with Crippen LogP contribution in [0.3, 0.4) is 0 Å². The van der Waals surface area contributed by atoms with Gasteiger partial charge in [0.1, 0.15) is 13.2 Å². The molecular weight excluding hydrogens is 769 g/mol. The first-order valence-corrected chi connectivity index (χ1v) is 27.0. The van der Waals surface area contributed by atoms with Gasteiger partial charge in [-0.05, 0) is 70.6 Å². The van der Waals surface area contributed by atoms with Gasteiger partial charge in [0.15, 0.2) is 6.10 Å². The van der Waals surface area contributed by atoms with Gasteiger partial charge in [0.2, 0.25) is 0 Å². The number of carbonyl (C=O) groups is 3. The van der Waals surface area contributed by atoms with Gasteiger partial charge in [-0.3, -0.25) is 14.4 Å². The summed E-state index contributed by atoms with van der Waals surface area (Å²) in [4.78, 5) is 38.0. The van der Waals surface area contributed by atoms with Crippen LogP contribution in [0.4, 0.5) is 0 Å². The van der Waals surface area contributed by atoms with Gasteiger partial charge in [-0.1, -0.05) is 231 Å². The Morgan fingerprint density at radius 2 is 0.581 bits per heavy atom. The Labute approximate surface area is 385 Å². The number of unbranched alkanes of at least 4 members (excludes halogenated alkanes) is 33. The summed E-state index contributed by atoms with van der Waals surface area (Å²) >= 11 is 0. The molecule has 0 spiro atoms. The van der Waals surface area contributed by atoms with Gasteiger partial charge in [-0.15, -0.1) is 0 Å². The zero-order chi connectivity index (χ0) is 45.1. The molecule has 0 aliphatic heterocycles. The monoisotopic (exact) mass is 871 g/mol. The molecule has 362 valence electrons. The molecule has 0 aromatic rings. The average Bonchev–Trinajstić information content (AvgIpc) is 3.27. The lowest BCUT2D eigenvalue weighted by Crippen LogP contribution is -2.30. The van der Waals surface area contributed by atoms with E-state index in [4.69, 9.17) is 14.2 Å². The molecule has 6 nitrogen and oxygen atoms in total. The molecule has 0 rings (SSSR count). The first kappa shape index (κ1) is 59.6. The Balaban J connectivity index is 4.32. The Morgan fingerprint density at radius 3 is 0.952 bits per heavy atom. The lowest BCUT2D eigenvalue weighted by Gasteiger charge is -2.18. The van der Waals surface area contributed by atoms with Gasteiger partial charge < -0.3 is 14.2 Å². The Bertz CT molecular complexity index is 1050. The van der Waals surface area contributed by atoms with Crippen LogP contribution in [0.15, 0.2) is 36.5 Å². The molecule has 1 atom stereocenters. The summed E-state index contributed by atoms with van der Waals surface area (Å²) in [6, 6.07) is 0. The van der Waals surface area contributed by atoms with E-state index in [0.717, 1.165) is 70.6 Å². The van der Waals surface area contributed by atoms with Gasteiger partial charge in [-0.25, -0.2) is 0 Å². The fourth-order valence-electron chi connectivity index (χ4n) is 7.78. The summed E-state index contributed by atoms with van der Waals surface area (Å²) in [6.07, 6.45) is 59.8. The minimum Gasteiger partial charge on any atom is -0.462 e. The lowest BCUT2D eigenvalue weighted by atomic mass is 10.1. The maximum atomic E-state index is 12.8. The van der Waals surface area contributed by atoms with Crippen LogP contribution in [-0.2, 0) is 28.6 Å². The van der Waals surface area contributed by atoms with Gasteiger partial charge in [0.25, 0.3) is 0 Å². The second-order valence-corrected chi connectivity index (χ2v) is 18.2. The summed E-state index contributed by atoms with van der Waals surface area (Å²) in [5.74, 6) is -0.885. The highest BCUT2D eigenvalue weighted by atomic mass is 16.6. The van der Waals surface area contributed by atoms with Crippen LogP contribution in [0.5, 0.6) is 0 Å². The van der Waals surface area contributed by atoms with Crippen molar-refractivity contribution < 1.29 is 28.6 Å². The molecule has 0 heterocycles. The zero-order valence-corrected chi connectivity index (χ0v) is 41.4. The molecule has 62 heavy (non-hydrogen) atoms. The van der Waals surface area contributed by atoms with E-state index < -0.39 is 6.10 Å². The SMILES string of the molecule is CCCCC/C=C\C=C/CCCCCCCCCCCCC(=O)OCC(COC(=O)CCCCCCCCCCCCC)OC(=O)CCCCC/C=C\CCCCCCCCC. The number of ether oxygens (including phenoxy) is 3. The molecule has 0 amide bonds. The topological polar surface area (TPSA) is 78.9 Å². The highest BCUT2D eigenvalue weighted by Crippen LogP contribution is 2.15. The third kappa shape index (κ3) is 48.7. The van der Waals surface area contributed by atoms with E-state index in [0.29, 0.717) is 19.3 Å². The molecule has 0 radical (unpaired) electrons. The molecule has 0 N–H and O–H groups in total. The van der Waals surface area contributed by atoms with Crippen LogP contribution in [-0.4, -0.2) is 37.2 Å². The van der Waals surface area contributed by atoms with Crippen molar-refractivity contribution in [2.75, 3.05) is 13.2 Å². The van der Waals surface area contributed by atoms with E-state index in [9.17, 15) is 14.4 Å². The number of allylic oxidation sites excluding steroid dienone is 6. The van der Waals surface area contributed by atoms with Crippen LogP contribution < -0.4 is 0 Å². The second-order valence-electron chi connectivity index (χ2n) is 18.2. The van der Waals surface area contributed by atoms with E-state index in [1.807, 2.05) is 0 Å². The Hall–Kier alpha value is -2.37. The van der Waals surface area contributed by atoms with Crippen LogP contribution in [0.1, 0.15) is 284 Å². The van der Waals surface area contributed by atoms with Crippen LogP contribution in [0.2, 0.25) is 0 Å². The molecule has 0 aliphatic rings. The van der Waals surface area contributed by atoms with Crippen LogP contribution in [0.25, 0.3) is 0 Å². The quantitative estimate of drug-likeness (QED) is 0.0199. The maximum absolute atomic E-state index is 12.8. The summed E-state index contributed by atoms with van der Waals surface area (Å²) in [5.41, 5.74) is 0. The summed E-state index contributed by atoms with van der Waals surface area (Å²) < 4.78 is 16.8. The van der Waals surface area contributed by atoms with E-state index in [2.05, 4.69) is 57.2 Å². The van der Waals surface area contributed by atoms with Crippen molar-refractivity contribution in [1.82, 2.24) is 0 Å². The van der Waals surface area contributed by atoms with Crippen molar-refractivity contribution in [3.8, 4) is 0 Å². The van der Waals surface area contributed by atoms with Gasteiger partial charge in [0, 0.05) is 19.3 Å². The molecule has 0 saturated heterocycles. The summed E-state index contributed by atoms with van der Waals surface area (Å²) in [7, 11) is 0. The minimum absolute atomic E-state index is 0.0761. The maximum Gasteiger partial charge on any atom is 0.306 e. The first-order chi connectivity index (χ1) is 30.5. The first-order valence-electron chi connectivity index (χ1n) is 27.0. The standard InChI is InChI=1S/C56H102O6/c1-4-7-10-13-16-19-22-24-26-27-28-29-30-32-34-37-40-43-46-49-55(58)61-52-53(51-60-54(57)48-45-42-39-36-33-21-18-15-12-9-6-3)62-56(59)50-47-44-41-38-35-31-25-23-20-17-14-11-8-5-2/h16,19,22,24,31,35,53H,4-15,17-18,20-21,23,25-30,32-34,36-52H2,1-3H3/b19-16-,24-22-,35-31-. The van der Waals surface area contributed by atoms with Crippen LogP contribution >= 0.6 is 0 Å². The number of carbonyl (C=O) groups excluding carboxylic acids is 3. The van der Waals surface area contributed by atoms with Crippen LogP contribution in [0, 0.1) is 0 Å². The minimum atomic E-state index is -0.777. The molecule has 6 heteroatoms. The van der Waals surface area contributed by atoms with E-state index in [1.54, 1.807) is 0 Å². The highest BCUT2D eigenvalue weighted by Gasteiger charge is 2.19. The van der Waals surface area contributed by atoms with Crippen molar-refractivity contribution in [1.29, 1.82) is 0 Å². The van der Waals surface area contributed by atoms with E-state index >= 15 is 0 Å². The van der Waals surface area contributed by atoms with Crippen molar-refractivity contribution in [3.05, 3.63) is 36.5 Å². The predicted octanol–water partition coefficient (Wildman–Crippen LogP) is 17.7. The normalized spacial score (nSPS) is 12.2. The van der Waals surface area contributed by atoms with Crippen molar-refractivity contribution in [2.45, 2.75) is 290 Å². The molecule has 1 unspecified atom stereocenters. The number of hydrogen-bond donors (Lipinski definition) is 0. The van der Waals surface area contributed by atoms with Gasteiger partial charge in [-0.2, -0.15) is 0 Å². The van der Waals surface area contributed by atoms with E-state index in [-0.39, 0.29) is 31.1 Å². The summed E-state index contributed by atoms with van der Waals surface area (Å²) in [6.45, 7) is 6.61. The molecule has 0 aromatic carbocycles. The number of rotatable bonds is 49. The predicted molar refractivity (Wildman–Crippen MR) is 266 cm³/mol. The third-order valence-corrected chi connectivity index (χ3v) is 11.9. The summed E-state index contributed by atoms with van der Waals surface area (Å²) in [5, 5.41) is 0. The second kappa shape index (κ2) is 51.3. The molecule has 0 saturated carbocycles. The van der Waals surface area contributed by atoms with E-state index in [1.165, 1.54) is 173 Å². The van der Waals surface area contributed by atoms with Gasteiger partial charge in [0.05, 0.1) is 0 Å². The average molecular weight is 871 g/mol. The largest absolute Gasteiger partial charge is 0.462 e. The lowest BCUT2D eigenvalue weighted by molar-refractivity contribution is -0.167. The highest BCUT2D eigenvalue weighted by molar-refractivity contribution is 5.71. The Morgan fingerprint density at radius 1 is 0.323 bits per heavy atom. The van der Waals surface area contributed by atoms with Crippen molar-refractivity contribution in [3.63, 3.8) is 0 Å². The van der Waals surface area contributed by atoms with Crippen molar-refractivity contribution >= 4 is 17.9 Å². The molecule has 0 bridgehead atoms. The van der Waals surface area contributed by atoms with Crippen molar-refractivity contribution in [2.24, 2.45) is 0 Å².